The van der Waals surface area contributed by atoms with Gasteiger partial charge in [0.15, 0.2) is 0 Å². The summed E-state index contributed by atoms with van der Waals surface area (Å²) >= 11 is 0. The van der Waals surface area contributed by atoms with Crippen molar-refractivity contribution in [3.05, 3.63) is 114 Å². The van der Waals surface area contributed by atoms with E-state index in [9.17, 15) is 10.5 Å². The van der Waals surface area contributed by atoms with Crippen LogP contribution in [0, 0.1) is 22.7 Å². The summed E-state index contributed by atoms with van der Waals surface area (Å²) in [6, 6.07) is 26.5. The first kappa shape index (κ1) is 23.2. The molecule has 0 fully saturated rings. The van der Waals surface area contributed by atoms with Crippen molar-refractivity contribution in [2.75, 3.05) is 6.54 Å². The number of pyridine rings is 2. The zero-order chi connectivity index (χ0) is 25.9. The quantitative estimate of drug-likeness (QED) is 0.330. The summed E-state index contributed by atoms with van der Waals surface area (Å²) in [6.45, 7) is 0.603. The molecule has 0 saturated carbocycles. The molecule has 0 aliphatic carbocycles. The highest BCUT2D eigenvalue weighted by molar-refractivity contribution is 6.18. The number of aromatic nitrogens is 2. The van der Waals surface area contributed by atoms with Gasteiger partial charge in [0.05, 0.1) is 23.1 Å². The van der Waals surface area contributed by atoms with Gasteiger partial charge >= 0.3 is 0 Å². The molecule has 1 atom stereocenters. The highest BCUT2D eigenvalue weighted by Gasteiger charge is 2.18. The van der Waals surface area contributed by atoms with E-state index in [4.69, 9.17) is 9.98 Å². The lowest BCUT2D eigenvalue weighted by molar-refractivity contribution is 0.734. The maximum atomic E-state index is 9.27. The molecule has 4 heterocycles. The summed E-state index contributed by atoms with van der Waals surface area (Å²) in [6.07, 6.45) is 9.27. The Bertz CT molecular complexity index is 1780. The van der Waals surface area contributed by atoms with E-state index < -0.39 is 0 Å². The Balaban J connectivity index is 1.41. The third-order valence-electron chi connectivity index (χ3n) is 6.86. The molecule has 2 aromatic heterocycles. The van der Waals surface area contributed by atoms with Crippen molar-refractivity contribution in [1.29, 1.82) is 10.5 Å². The minimum absolute atomic E-state index is 0.0625. The molecule has 38 heavy (non-hydrogen) atoms. The Morgan fingerprint density at radius 1 is 0.842 bits per heavy atom. The lowest BCUT2D eigenvalue weighted by atomic mass is 9.93. The molecule has 0 N–H and O–H groups in total. The fourth-order valence-electron chi connectivity index (χ4n) is 5.02. The first-order valence-electron chi connectivity index (χ1n) is 12.5. The van der Waals surface area contributed by atoms with Gasteiger partial charge in [-0.25, -0.2) is 9.97 Å². The summed E-state index contributed by atoms with van der Waals surface area (Å²) in [7, 11) is 0. The smallest absolute Gasteiger partial charge is 0.140 e. The van der Waals surface area contributed by atoms with Crippen LogP contribution in [0.4, 0.5) is 0 Å². The predicted molar refractivity (Wildman–Crippen MR) is 150 cm³/mol. The van der Waals surface area contributed by atoms with E-state index in [2.05, 4.69) is 58.5 Å². The van der Waals surface area contributed by atoms with Gasteiger partial charge in [-0.15, -0.1) is 0 Å². The molecule has 1 unspecified atom stereocenters. The van der Waals surface area contributed by atoms with E-state index in [0.717, 1.165) is 63.0 Å². The minimum Gasteiger partial charge on any atom is -0.276 e. The Morgan fingerprint density at radius 2 is 1.66 bits per heavy atom. The standard InChI is InChI=1S/C32H22N6/c33-19-23-17-21(13-15-35-23)29-7-3-9-31(37-29)27-11-12-28(26-6-2-1-5-25(26)27)32-10-4-8-30(38-32)22-14-16-36-24(18-22)20-34/h1-7,9-12,14,16-18,30H,8,13,15H2. The van der Waals surface area contributed by atoms with Crippen molar-refractivity contribution in [3.63, 3.8) is 0 Å². The fourth-order valence-corrected chi connectivity index (χ4v) is 5.02. The highest BCUT2D eigenvalue weighted by atomic mass is 14.8. The Morgan fingerprint density at radius 3 is 2.50 bits per heavy atom. The highest BCUT2D eigenvalue weighted by Crippen LogP contribution is 2.34. The average Bonchev–Trinajstić information content (AvgIpc) is 3.00. The maximum Gasteiger partial charge on any atom is 0.140 e. The van der Waals surface area contributed by atoms with Crippen LogP contribution in [0.15, 0.2) is 101 Å². The molecular weight excluding hydrogens is 468 g/mol. The zero-order valence-electron chi connectivity index (χ0n) is 20.5. The van der Waals surface area contributed by atoms with Gasteiger partial charge in [0.2, 0.25) is 0 Å². The topological polar surface area (TPSA) is 98.1 Å². The van der Waals surface area contributed by atoms with Crippen LogP contribution in [-0.2, 0) is 0 Å². The van der Waals surface area contributed by atoms with Crippen LogP contribution < -0.4 is 0 Å². The zero-order valence-corrected chi connectivity index (χ0v) is 20.5. The van der Waals surface area contributed by atoms with Crippen molar-refractivity contribution in [3.8, 4) is 23.4 Å². The van der Waals surface area contributed by atoms with E-state index >= 15 is 0 Å². The predicted octanol–water partition coefficient (Wildman–Crippen LogP) is 6.41. The van der Waals surface area contributed by atoms with Gasteiger partial charge in [0.1, 0.15) is 23.5 Å². The van der Waals surface area contributed by atoms with Crippen LogP contribution in [0.1, 0.15) is 41.4 Å². The van der Waals surface area contributed by atoms with Gasteiger partial charge in [-0.05, 0) is 71.2 Å². The number of rotatable bonds is 4. The molecule has 0 bridgehead atoms. The second-order valence-electron chi connectivity index (χ2n) is 9.17. The molecule has 4 aromatic rings. The van der Waals surface area contributed by atoms with Crippen molar-refractivity contribution >= 4 is 27.8 Å². The van der Waals surface area contributed by atoms with Crippen molar-refractivity contribution in [2.24, 2.45) is 9.98 Å². The van der Waals surface area contributed by atoms with Crippen LogP contribution in [-0.4, -0.2) is 27.9 Å². The summed E-state index contributed by atoms with van der Waals surface area (Å²) in [5, 5.41) is 20.7. The van der Waals surface area contributed by atoms with E-state index in [-0.39, 0.29) is 6.04 Å². The molecule has 0 saturated heterocycles. The Labute approximate surface area is 220 Å². The molecule has 6 rings (SSSR count). The van der Waals surface area contributed by atoms with Gasteiger partial charge in [0.25, 0.3) is 0 Å². The minimum atomic E-state index is -0.0625. The largest absolute Gasteiger partial charge is 0.276 e. The summed E-state index contributed by atoms with van der Waals surface area (Å²) in [5.74, 6) is 0. The Kier molecular flexibility index (Phi) is 6.14. The third kappa shape index (κ3) is 4.40. The lowest BCUT2D eigenvalue weighted by Crippen LogP contribution is -2.08. The summed E-state index contributed by atoms with van der Waals surface area (Å²) in [4.78, 5) is 18.4. The van der Waals surface area contributed by atoms with Crippen molar-refractivity contribution in [2.45, 2.75) is 18.9 Å². The molecule has 0 radical (unpaired) electrons. The monoisotopic (exact) mass is 490 g/mol. The lowest BCUT2D eigenvalue weighted by Gasteiger charge is -2.19. The maximum absolute atomic E-state index is 9.27. The van der Waals surface area contributed by atoms with Crippen LogP contribution in [0.2, 0.25) is 0 Å². The van der Waals surface area contributed by atoms with Crippen LogP contribution in [0.25, 0.3) is 27.6 Å². The molecule has 180 valence electrons. The molecule has 6 heteroatoms. The van der Waals surface area contributed by atoms with E-state index in [1.54, 1.807) is 6.20 Å². The normalized spacial score (nSPS) is 16.7. The number of hydrogen-bond acceptors (Lipinski definition) is 6. The molecule has 2 aromatic carbocycles. The van der Waals surface area contributed by atoms with Crippen LogP contribution >= 0.6 is 0 Å². The fraction of sp³-hybridized carbons (Fsp3) is 0.125. The molecule has 6 nitrogen and oxygen atoms in total. The number of dihydropyridines is 2. The van der Waals surface area contributed by atoms with Gasteiger partial charge in [-0.2, -0.15) is 10.5 Å². The molecule has 0 amide bonds. The summed E-state index contributed by atoms with van der Waals surface area (Å²) < 4.78 is 0. The second kappa shape index (κ2) is 10.0. The number of aliphatic imine (C=N–C) groups is 2. The van der Waals surface area contributed by atoms with Gasteiger partial charge in [0, 0.05) is 23.9 Å². The number of allylic oxidation sites excluding steroid dienone is 2. The second-order valence-corrected chi connectivity index (χ2v) is 9.17. The van der Waals surface area contributed by atoms with Gasteiger partial charge in [-0.3, -0.25) is 9.98 Å². The third-order valence-corrected chi connectivity index (χ3v) is 6.86. The first-order valence-corrected chi connectivity index (χ1v) is 12.5. The SMILES string of the molecule is N#CC1=NCCC(c2cccc(-c3ccc(C4=NC(c5ccnc(C#N)c5)CC=C4)c4ccccc34)n2)=C1. The number of benzene rings is 2. The number of nitrogens with zero attached hydrogens (tertiary/aromatic N) is 6. The molecule has 2 aliphatic heterocycles. The number of hydrogen-bond donors (Lipinski definition) is 0. The van der Waals surface area contributed by atoms with E-state index in [1.165, 1.54) is 0 Å². The summed E-state index contributed by atoms with van der Waals surface area (Å²) in [5.41, 5.74) is 7.63. The first-order chi connectivity index (χ1) is 18.7. The van der Waals surface area contributed by atoms with E-state index in [0.29, 0.717) is 18.0 Å². The average molecular weight is 491 g/mol. The molecule has 0 spiro atoms. The van der Waals surface area contributed by atoms with Crippen molar-refractivity contribution < 1.29 is 0 Å². The molecular formula is C32H22N6. The van der Waals surface area contributed by atoms with Crippen molar-refractivity contribution in [1.82, 2.24) is 9.97 Å². The number of nitriles is 2. The Hall–Kier alpha value is -5.20. The van der Waals surface area contributed by atoms with Crippen LogP contribution in [0.3, 0.4) is 0 Å². The van der Waals surface area contributed by atoms with E-state index in [1.807, 2.05) is 48.5 Å². The number of fused-ring (bicyclic) bond motifs is 1. The molecule has 2 aliphatic rings. The van der Waals surface area contributed by atoms with Gasteiger partial charge in [-0.1, -0.05) is 48.5 Å². The van der Waals surface area contributed by atoms with Crippen LogP contribution in [0.5, 0.6) is 0 Å². The van der Waals surface area contributed by atoms with Gasteiger partial charge < -0.3 is 0 Å².